The fourth-order valence-corrected chi connectivity index (χ4v) is 1.90. The Balaban J connectivity index is 2.54. The van der Waals surface area contributed by atoms with Gasteiger partial charge in [-0.1, -0.05) is 0 Å². The highest BCUT2D eigenvalue weighted by Gasteiger charge is 2.15. The van der Waals surface area contributed by atoms with Gasteiger partial charge >= 0.3 is 0 Å². The van der Waals surface area contributed by atoms with Crippen LogP contribution < -0.4 is 4.74 Å². The predicted molar refractivity (Wildman–Crippen MR) is 47.9 cm³/mol. The molecule has 0 spiro atoms. The van der Waals surface area contributed by atoms with Crippen LogP contribution >= 0.6 is 15.9 Å². The molecule has 0 bridgehead atoms. The van der Waals surface area contributed by atoms with E-state index in [1.807, 2.05) is 0 Å². The lowest BCUT2D eigenvalue weighted by molar-refractivity contribution is 0.287. The van der Waals surface area contributed by atoms with Crippen molar-refractivity contribution in [2.75, 3.05) is 6.61 Å². The lowest BCUT2D eigenvalue weighted by Crippen LogP contribution is -2.09. The van der Waals surface area contributed by atoms with E-state index in [0.29, 0.717) is 4.47 Å². The summed E-state index contributed by atoms with van der Waals surface area (Å²) in [5.41, 5.74) is 0.959. The summed E-state index contributed by atoms with van der Waals surface area (Å²) >= 11 is 3.21. The fourth-order valence-electron chi connectivity index (χ4n) is 1.37. The average molecular weight is 231 g/mol. The van der Waals surface area contributed by atoms with Crippen molar-refractivity contribution in [3.05, 3.63) is 28.0 Å². The quantitative estimate of drug-likeness (QED) is 0.667. The number of benzene rings is 1. The summed E-state index contributed by atoms with van der Waals surface area (Å²) in [6, 6.07) is 3.11. The van der Waals surface area contributed by atoms with Gasteiger partial charge in [0.25, 0.3) is 0 Å². The first kappa shape index (κ1) is 8.05. The third kappa shape index (κ3) is 1.22. The van der Waals surface area contributed by atoms with Crippen molar-refractivity contribution in [2.24, 2.45) is 0 Å². The van der Waals surface area contributed by atoms with E-state index in [2.05, 4.69) is 15.9 Å². The largest absolute Gasteiger partial charge is 0.493 e. The Morgan fingerprint density at radius 1 is 1.42 bits per heavy atom. The Kier molecular flexibility index (Phi) is 2.05. The first-order chi connectivity index (χ1) is 5.79. The summed E-state index contributed by atoms with van der Waals surface area (Å²) in [5.74, 6) is 0.605. The highest BCUT2D eigenvalue weighted by Crippen LogP contribution is 2.32. The van der Waals surface area contributed by atoms with Gasteiger partial charge in [-0.25, -0.2) is 4.39 Å². The van der Waals surface area contributed by atoms with Crippen molar-refractivity contribution >= 4 is 15.9 Å². The third-order valence-corrected chi connectivity index (χ3v) is 2.84. The van der Waals surface area contributed by atoms with E-state index in [9.17, 15) is 4.39 Å². The molecule has 0 saturated heterocycles. The van der Waals surface area contributed by atoms with E-state index in [1.54, 1.807) is 6.07 Å². The van der Waals surface area contributed by atoms with Gasteiger partial charge in [-0.15, -0.1) is 0 Å². The van der Waals surface area contributed by atoms with Gasteiger partial charge in [0.15, 0.2) is 0 Å². The van der Waals surface area contributed by atoms with Crippen LogP contribution in [0.5, 0.6) is 5.75 Å². The molecule has 0 aliphatic carbocycles. The number of hydrogen-bond donors (Lipinski definition) is 0. The molecule has 2 rings (SSSR count). The van der Waals surface area contributed by atoms with E-state index in [4.69, 9.17) is 4.74 Å². The van der Waals surface area contributed by atoms with E-state index >= 15 is 0 Å². The van der Waals surface area contributed by atoms with Crippen molar-refractivity contribution in [1.29, 1.82) is 0 Å². The van der Waals surface area contributed by atoms with Crippen molar-refractivity contribution in [1.82, 2.24) is 0 Å². The van der Waals surface area contributed by atoms with Gasteiger partial charge in [-0.2, -0.15) is 0 Å². The molecule has 3 heteroatoms. The molecule has 1 heterocycles. The van der Waals surface area contributed by atoms with Crippen LogP contribution in [0.2, 0.25) is 0 Å². The summed E-state index contributed by atoms with van der Waals surface area (Å²) in [7, 11) is 0. The number of rotatable bonds is 0. The van der Waals surface area contributed by atoms with Gasteiger partial charge < -0.3 is 4.74 Å². The van der Waals surface area contributed by atoms with Crippen LogP contribution in [-0.2, 0) is 6.42 Å². The SMILES string of the molecule is Fc1ccc2c(c1Br)CCCO2. The Morgan fingerprint density at radius 2 is 2.25 bits per heavy atom. The molecule has 0 aromatic heterocycles. The van der Waals surface area contributed by atoms with Gasteiger partial charge in [0, 0.05) is 5.56 Å². The monoisotopic (exact) mass is 230 g/mol. The van der Waals surface area contributed by atoms with Crippen LogP contribution in [0.25, 0.3) is 0 Å². The van der Waals surface area contributed by atoms with Gasteiger partial charge in [-0.3, -0.25) is 0 Å². The highest BCUT2D eigenvalue weighted by atomic mass is 79.9. The zero-order chi connectivity index (χ0) is 8.55. The number of hydrogen-bond acceptors (Lipinski definition) is 1. The normalized spacial score (nSPS) is 15.2. The topological polar surface area (TPSA) is 9.23 Å². The number of halogens is 2. The second-order valence-electron chi connectivity index (χ2n) is 2.79. The van der Waals surface area contributed by atoms with Gasteiger partial charge in [0.1, 0.15) is 11.6 Å². The predicted octanol–water partition coefficient (Wildman–Crippen LogP) is 2.91. The minimum atomic E-state index is -0.209. The molecule has 1 aliphatic heterocycles. The molecule has 0 fully saturated rings. The summed E-state index contributed by atoms with van der Waals surface area (Å²) in [4.78, 5) is 0. The van der Waals surface area contributed by atoms with Crippen molar-refractivity contribution in [3.63, 3.8) is 0 Å². The molecule has 1 aliphatic rings. The Labute approximate surface area is 78.7 Å². The number of fused-ring (bicyclic) bond motifs is 1. The minimum Gasteiger partial charge on any atom is -0.493 e. The molecule has 0 amide bonds. The van der Waals surface area contributed by atoms with Gasteiger partial charge in [0.05, 0.1) is 11.1 Å². The van der Waals surface area contributed by atoms with Crippen LogP contribution in [0.4, 0.5) is 4.39 Å². The van der Waals surface area contributed by atoms with Crippen LogP contribution in [0.1, 0.15) is 12.0 Å². The lowest BCUT2D eigenvalue weighted by Gasteiger charge is -2.18. The first-order valence-corrected chi connectivity index (χ1v) is 4.68. The standard InChI is InChI=1S/C9H8BrFO/c10-9-6-2-1-5-12-8(6)4-3-7(9)11/h3-4H,1-2,5H2. The molecule has 0 atom stereocenters. The first-order valence-electron chi connectivity index (χ1n) is 3.89. The maximum atomic E-state index is 13.0. The van der Waals surface area contributed by atoms with Crippen LogP contribution in [0.3, 0.4) is 0 Å². The summed E-state index contributed by atoms with van der Waals surface area (Å²) < 4.78 is 18.9. The van der Waals surface area contributed by atoms with Gasteiger partial charge in [-0.05, 0) is 40.9 Å². The molecule has 64 valence electrons. The molecule has 1 nitrogen and oxygen atoms in total. The van der Waals surface area contributed by atoms with Crippen LogP contribution in [-0.4, -0.2) is 6.61 Å². The van der Waals surface area contributed by atoms with Crippen LogP contribution in [0, 0.1) is 5.82 Å². The highest BCUT2D eigenvalue weighted by molar-refractivity contribution is 9.10. The third-order valence-electron chi connectivity index (χ3n) is 1.98. The number of ether oxygens (including phenoxy) is 1. The summed E-state index contributed by atoms with van der Waals surface area (Å²) in [6.07, 6.45) is 1.86. The van der Waals surface area contributed by atoms with E-state index in [1.165, 1.54) is 6.07 Å². The van der Waals surface area contributed by atoms with Crippen LogP contribution in [0.15, 0.2) is 16.6 Å². The Hall–Kier alpha value is -0.570. The molecular formula is C9H8BrFO. The molecule has 1 aromatic carbocycles. The molecular weight excluding hydrogens is 223 g/mol. The molecule has 0 saturated carbocycles. The van der Waals surface area contributed by atoms with Crippen molar-refractivity contribution in [2.45, 2.75) is 12.8 Å². The maximum absolute atomic E-state index is 13.0. The molecule has 1 aromatic rings. The zero-order valence-corrected chi connectivity index (χ0v) is 8.03. The molecule has 0 unspecified atom stereocenters. The molecule has 12 heavy (non-hydrogen) atoms. The summed E-state index contributed by atoms with van der Waals surface area (Å²) in [5, 5.41) is 0. The minimum absolute atomic E-state index is 0.209. The molecule has 0 radical (unpaired) electrons. The second-order valence-corrected chi connectivity index (χ2v) is 3.58. The van der Waals surface area contributed by atoms with Gasteiger partial charge in [0.2, 0.25) is 0 Å². The Bertz CT molecular complexity index is 312. The zero-order valence-electron chi connectivity index (χ0n) is 6.44. The summed E-state index contributed by atoms with van der Waals surface area (Å²) in [6.45, 7) is 0.741. The fraction of sp³-hybridized carbons (Fsp3) is 0.333. The average Bonchev–Trinajstić information content (AvgIpc) is 2.12. The molecule has 0 N–H and O–H groups in total. The van der Waals surface area contributed by atoms with E-state index in [-0.39, 0.29) is 5.82 Å². The lowest BCUT2D eigenvalue weighted by atomic mass is 10.1. The second kappa shape index (κ2) is 3.05. The van der Waals surface area contributed by atoms with Crippen molar-refractivity contribution < 1.29 is 9.13 Å². The smallest absolute Gasteiger partial charge is 0.137 e. The maximum Gasteiger partial charge on any atom is 0.137 e. The van der Waals surface area contributed by atoms with E-state index in [0.717, 1.165) is 30.8 Å². The van der Waals surface area contributed by atoms with E-state index < -0.39 is 0 Å². The Morgan fingerprint density at radius 3 is 3.08 bits per heavy atom. The van der Waals surface area contributed by atoms with Crippen molar-refractivity contribution in [3.8, 4) is 5.75 Å².